The maximum Gasteiger partial charge on any atom is 0.118 e. The summed E-state index contributed by atoms with van der Waals surface area (Å²) >= 11 is 0. The minimum Gasteiger partial charge on any atom is -0.497 e. The van der Waals surface area contributed by atoms with Crippen molar-refractivity contribution in [2.45, 2.75) is 36.5 Å². The highest BCUT2D eigenvalue weighted by Gasteiger charge is 2.37. The zero-order chi connectivity index (χ0) is 36.1. The maximum atomic E-state index is 6.28. The lowest BCUT2D eigenvalue weighted by Gasteiger charge is -2.38. The lowest BCUT2D eigenvalue weighted by atomic mass is 9.66. The van der Waals surface area contributed by atoms with Crippen LogP contribution < -0.4 is 15.2 Å². The SMILES string of the molecule is COc1ccc(C(CCCN(CCN)CCCC(c2ccccc2)(c2ccccc2)c2ccc(OC)cc2)(c2ccccc2)c2ccccc2)cc1. The number of rotatable bonds is 18. The summed E-state index contributed by atoms with van der Waals surface area (Å²) in [5, 5.41) is 0. The van der Waals surface area contributed by atoms with Gasteiger partial charge in [-0.1, -0.05) is 146 Å². The summed E-state index contributed by atoms with van der Waals surface area (Å²) < 4.78 is 11.1. The summed E-state index contributed by atoms with van der Waals surface area (Å²) in [5.74, 6) is 1.73. The van der Waals surface area contributed by atoms with Crippen LogP contribution in [0.5, 0.6) is 11.5 Å². The van der Waals surface area contributed by atoms with Gasteiger partial charge in [-0.3, -0.25) is 0 Å². The highest BCUT2D eigenvalue weighted by molar-refractivity contribution is 5.52. The van der Waals surface area contributed by atoms with E-state index in [2.05, 4.69) is 175 Å². The fraction of sp³-hybridized carbons (Fsp3) is 0.250. The zero-order valence-corrected chi connectivity index (χ0v) is 30.7. The van der Waals surface area contributed by atoms with Gasteiger partial charge < -0.3 is 20.1 Å². The van der Waals surface area contributed by atoms with Crippen molar-refractivity contribution in [2.24, 2.45) is 5.73 Å². The number of hydrogen-bond acceptors (Lipinski definition) is 4. The Bertz CT molecular complexity index is 1680. The Morgan fingerprint density at radius 1 is 0.404 bits per heavy atom. The molecule has 0 saturated carbocycles. The number of nitrogens with two attached hydrogens (primary N) is 1. The smallest absolute Gasteiger partial charge is 0.118 e. The first-order valence-electron chi connectivity index (χ1n) is 18.6. The second-order valence-electron chi connectivity index (χ2n) is 13.6. The minimum absolute atomic E-state index is 0.312. The van der Waals surface area contributed by atoms with Crippen LogP contribution in [0.25, 0.3) is 0 Å². The molecule has 0 fully saturated rings. The van der Waals surface area contributed by atoms with E-state index in [4.69, 9.17) is 15.2 Å². The van der Waals surface area contributed by atoms with Gasteiger partial charge in [-0.05, 0) is 96.4 Å². The van der Waals surface area contributed by atoms with Gasteiger partial charge in [-0.15, -0.1) is 0 Å². The first-order valence-corrected chi connectivity index (χ1v) is 18.6. The van der Waals surface area contributed by atoms with Crippen molar-refractivity contribution in [1.82, 2.24) is 4.90 Å². The third-order valence-electron chi connectivity index (χ3n) is 10.7. The molecular formula is C48H52N2O2. The molecule has 2 N–H and O–H groups in total. The van der Waals surface area contributed by atoms with Crippen LogP contribution in [0.1, 0.15) is 59.1 Å². The van der Waals surface area contributed by atoms with E-state index in [9.17, 15) is 0 Å². The van der Waals surface area contributed by atoms with E-state index in [0.717, 1.165) is 56.8 Å². The molecule has 52 heavy (non-hydrogen) atoms. The highest BCUT2D eigenvalue weighted by atomic mass is 16.5. The Kier molecular flexibility index (Phi) is 12.6. The second-order valence-corrected chi connectivity index (χ2v) is 13.6. The number of nitrogens with zero attached hydrogens (tertiary/aromatic N) is 1. The van der Waals surface area contributed by atoms with Gasteiger partial charge >= 0.3 is 0 Å². The summed E-state index contributed by atoms with van der Waals surface area (Å²) in [5.41, 5.74) is 13.4. The average molecular weight is 689 g/mol. The van der Waals surface area contributed by atoms with E-state index < -0.39 is 0 Å². The molecule has 0 aromatic heterocycles. The minimum atomic E-state index is -0.312. The predicted octanol–water partition coefficient (Wildman–Crippen LogP) is 9.89. The quantitative estimate of drug-likeness (QED) is 0.0914. The maximum absolute atomic E-state index is 6.28. The van der Waals surface area contributed by atoms with Gasteiger partial charge in [0.15, 0.2) is 0 Å². The fourth-order valence-electron chi connectivity index (χ4n) is 8.16. The first-order chi connectivity index (χ1) is 25.6. The normalized spacial score (nSPS) is 11.8. The summed E-state index contributed by atoms with van der Waals surface area (Å²) in [4.78, 5) is 2.57. The van der Waals surface area contributed by atoms with Crippen LogP contribution in [-0.2, 0) is 10.8 Å². The van der Waals surface area contributed by atoms with E-state index in [0.29, 0.717) is 6.54 Å². The molecule has 6 aromatic rings. The molecule has 0 radical (unpaired) electrons. The molecule has 0 amide bonds. The average Bonchev–Trinajstić information content (AvgIpc) is 3.22. The van der Waals surface area contributed by atoms with Crippen molar-refractivity contribution in [3.63, 3.8) is 0 Å². The molecule has 0 unspecified atom stereocenters. The van der Waals surface area contributed by atoms with Gasteiger partial charge in [-0.25, -0.2) is 0 Å². The summed E-state index contributed by atoms with van der Waals surface area (Å²) in [6.45, 7) is 3.41. The lowest BCUT2D eigenvalue weighted by Crippen LogP contribution is -2.36. The van der Waals surface area contributed by atoms with Gasteiger partial charge in [0.2, 0.25) is 0 Å². The number of ether oxygens (including phenoxy) is 2. The molecule has 0 bridgehead atoms. The number of methoxy groups -OCH3 is 2. The summed E-state index contributed by atoms with van der Waals surface area (Å²) in [6, 6.07) is 61.2. The van der Waals surface area contributed by atoms with Crippen molar-refractivity contribution < 1.29 is 9.47 Å². The molecule has 6 rings (SSSR count). The van der Waals surface area contributed by atoms with E-state index in [1.807, 2.05) is 0 Å². The molecule has 4 heteroatoms. The van der Waals surface area contributed by atoms with E-state index in [-0.39, 0.29) is 10.8 Å². The standard InChI is InChI=1S/C48H52N2O2/c1-51-45-29-25-43(26-30-45)47(39-17-7-3-8-18-39,40-19-9-4-10-20-40)33-15-36-50(38-35-49)37-16-34-48(41-21-11-5-12-22-41,42-23-13-6-14-24-42)44-27-31-46(52-2)32-28-44/h3-14,17-32H,15-16,33-38,49H2,1-2H3. The Morgan fingerprint density at radius 2 is 0.692 bits per heavy atom. The third kappa shape index (κ3) is 7.99. The Labute approximate surface area is 310 Å². The topological polar surface area (TPSA) is 47.7 Å². The molecule has 266 valence electrons. The zero-order valence-electron chi connectivity index (χ0n) is 30.7. The summed E-state index contributed by atoms with van der Waals surface area (Å²) in [7, 11) is 3.45. The molecular weight excluding hydrogens is 637 g/mol. The Balaban J connectivity index is 1.28. The van der Waals surface area contributed by atoms with Crippen LogP contribution in [0.15, 0.2) is 170 Å². The molecule has 0 saturated heterocycles. The van der Waals surface area contributed by atoms with Crippen molar-refractivity contribution in [3.05, 3.63) is 203 Å². The van der Waals surface area contributed by atoms with Crippen LogP contribution in [0.3, 0.4) is 0 Å². The van der Waals surface area contributed by atoms with Gasteiger partial charge in [0.05, 0.1) is 14.2 Å². The van der Waals surface area contributed by atoms with Gasteiger partial charge in [0, 0.05) is 23.9 Å². The fourth-order valence-corrected chi connectivity index (χ4v) is 8.16. The van der Waals surface area contributed by atoms with Gasteiger partial charge in [0.25, 0.3) is 0 Å². The van der Waals surface area contributed by atoms with Crippen molar-refractivity contribution >= 4 is 0 Å². The molecule has 6 aromatic carbocycles. The van der Waals surface area contributed by atoms with E-state index >= 15 is 0 Å². The van der Waals surface area contributed by atoms with Gasteiger partial charge in [-0.2, -0.15) is 0 Å². The molecule has 0 atom stereocenters. The van der Waals surface area contributed by atoms with Crippen molar-refractivity contribution in [2.75, 3.05) is 40.4 Å². The Hall–Kier alpha value is -5.16. The molecule has 0 aliphatic heterocycles. The predicted molar refractivity (Wildman–Crippen MR) is 215 cm³/mol. The van der Waals surface area contributed by atoms with Crippen LogP contribution in [0.2, 0.25) is 0 Å². The van der Waals surface area contributed by atoms with Crippen LogP contribution in [0, 0.1) is 0 Å². The van der Waals surface area contributed by atoms with Gasteiger partial charge in [0.1, 0.15) is 11.5 Å². The van der Waals surface area contributed by atoms with Crippen LogP contribution in [-0.4, -0.2) is 45.3 Å². The third-order valence-corrected chi connectivity index (χ3v) is 10.7. The largest absolute Gasteiger partial charge is 0.497 e. The van der Waals surface area contributed by atoms with Crippen LogP contribution in [0.4, 0.5) is 0 Å². The van der Waals surface area contributed by atoms with Crippen LogP contribution >= 0.6 is 0 Å². The Morgan fingerprint density at radius 3 is 0.962 bits per heavy atom. The molecule has 0 heterocycles. The molecule has 0 aliphatic rings. The van der Waals surface area contributed by atoms with E-state index in [1.54, 1.807) is 14.2 Å². The van der Waals surface area contributed by atoms with E-state index in [1.165, 1.54) is 33.4 Å². The monoisotopic (exact) mass is 688 g/mol. The number of hydrogen-bond donors (Lipinski definition) is 1. The highest BCUT2D eigenvalue weighted by Crippen LogP contribution is 2.45. The summed E-state index contributed by atoms with van der Waals surface area (Å²) in [6.07, 6.45) is 3.93. The first kappa shape index (κ1) is 36.6. The molecule has 4 nitrogen and oxygen atoms in total. The number of benzene rings is 6. The molecule has 0 aliphatic carbocycles. The second kappa shape index (κ2) is 17.9. The van der Waals surface area contributed by atoms with Crippen molar-refractivity contribution in [3.8, 4) is 11.5 Å². The molecule has 0 spiro atoms. The van der Waals surface area contributed by atoms with Crippen molar-refractivity contribution in [1.29, 1.82) is 0 Å². The lowest BCUT2D eigenvalue weighted by molar-refractivity contribution is 0.258.